The number of nitrogens with one attached hydrogen (secondary N) is 1. The van der Waals surface area contributed by atoms with Gasteiger partial charge in [0.2, 0.25) is 5.91 Å². The summed E-state index contributed by atoms with van der Waals surface area (Å²) in [6.45, 7) is 5.74. The van der Waals surface area contributed by atoms with Crippen molar-refractivity contribution in [3.05, 3.63) is 0 Å². The molecule has 112 valence electrons. The Kier molecular flexibility index (Phi) is 8.79. The molecule has 5 nitrogen and oxygen atoms in total. The SMILES string of the molecule is CCCCC1NCN(CCCCOCCOC)C1=O. The number of hydrogen-bond acceptors (Lipinski definition) is 4. The molecule has 0 radical (unpaired) electrons. The Balaban J connectivity index is 2.02. The van der Waals surface area contributed by atoms with E-state index in [-0.39, 0.29) is 11.9 Å². The second kappa shape index (κ2) is 10.2. The third kappa shape index (κ3) is 6.36. The van der Waals surface area contributed by atoms with E-state index in [1.807, 2.05) is 4.90 Å². The lowest BCUT2D eigenvalue weighted by atomic mass is 10.1. The van der Waals surface area contributed by atoms with Crippen molar-refractivity contribution in [2.24, 2.45) is 0 Å². The smallest absolute Gasteiger partial charge is 0.240 e. The van der Waals surface area contributed by atoms with Crippen molar-refractivity contribution in [3.8, 4) is 0 Å². The largest absolute Gasteiger partial charge is 0.382 e. The number of carbonyl (C=O) groups is 1. The summed E-state index contributed by atoms with van der Waals surface area (Å²) in [6.07, 6.45) is 5.22. The third-order valence-corrected chi connectivity index (χ3v) is 3.38. The van der Waals surface area contributed by atoms with E-state index in [1.165, 1.54) is 0 Å². The first kappa shape index (κ1) is 16.4. The highest BCUT2D eigenvalue weighted by molar-refractivity contribution is 5.83. The molecule has 5 heteroatoms. The number of nitrogens with zero attached hydrogens (tertiary/aromatic N) is 1. The Morgan fingerprint density at radius 2 is 2.11 bits per heavy atom. The Hall–Kier alpha value is -0.650. The van der Waals surface area contributed by atoms with Crippen LogP contribution in [-0.4, -0.2) is 57.0 Å². The lowest BCUT2D eigenvalue weighted by molar-refractivity contribution is -0.129. The molecule has 0 aromatic carbocycles. The maximum absolute atomic E-state index is 12.0. The zero-order valence-electron chi connectivity index (χ0n) is 12.3. The molecule has 1 aliphatic rings. The molecule has 0 saturated carbocycles. The van der Waals surface area contributed by atoms with Crippen molar-refractivity contribution >= 4 is 5.91 Å². The lowest BCUT2D eigenvalue weighted by Gasteiger charge is -2.15. The molecule has 0 aliphatic carbocycles. The molecule has 1 rings (SSSR count). The number of rotatable bonds is 11. The van der Waals surface area contributed by atoms with E-state index in [2.05, 4.69) is 12.2 Å². The molecule has 1 fully saturated rings. The molecule has 1 amide bonds. The zero-order chi connectivity index (χ0) is 13.9. The first-order chi connectivity index (χ1) is 9.29. The molecule has 1 aliphatic heterocycles. The molecule has 1 heterocycles. The first-order valence-electron chi connectivity index (χ1n) is 7.38. The van der Waals surface area contributed by atoms with Gasteiger partial charge >= 0.3 is 0 Å². The average molecular weight is 272 g/mol. The number of ether oxygens (including phenoxy) is 2. The quantitative estimate of drug-likeness (QED) is 0.577. The van der Waals surface area contributed by atoms with E-state index >= 15 is 0 Å². The molecular formula is C14H28N2O3. The van der Waals surface area contributed by atoms with Crippen LogP contribution < -0.4 is 5.32 Å². The molecular weight excluding hydrogens is 244 g/mol. The van der Waals surface area contributed by atoms with Crippen molar-refractivity contribution < 1.29 is 14.3 Å². The van der Waals surface area contributed by atoms with Crippen LogP contribution in [0, 0.1) is 0 Å². The Morgan fingerprint density at radius 3 is 2.84 bits per heavy atom. The van der Waals surface area contributed by atoms with Gasteiger partial charge in [-0.05, 0) is 19.3 Å². The third-order valence-electron chi connectivity index (χ3n) is 3.38. The predicted octanol–water partition coefficient (Wildman–Crippen LogP) is 1.38. The highest BCUT2D eigenvalue weighted by atomic mass is 16.5. The van der Waals surface area contributed by atoms with Gasteiger partial charge in [0, 0.05) is 20.3 Å². The van der Waals surface area contributed by atoms with Crippen LogP contribution in [0.1, 0.15) is 39.0 Å². The minimum Gasteiger partial charge on any atom is -0.382 e. The van der Waals surface area contributed by atoms with Crippen molar-refractivity contribution in [1.29, 1.82) is 0 Å². The average Bonchev–Trinajstić information content (AvgIpc) is 2.76. The van der Waals surface area contributed by atoms with Crippen LogP contribution in [0.3, 0.4) is 0 Å². The Labute approximate surface area is 116 Å². The van der Waals surface area contributed by atoms with E-state index in [0.29, 0.717) is 19.9 Å². The predicted molar refractivity (Wildman–Crippen MR) is 75.0 cm³/mol. The summed E-state index contributed by atoms with van der Waals surface area (Å²) >= 11 is 0. The summed E-state index contributed by atoms with van der Waals surface area (Å²) in [5, 5.41) is 3.29. The standard InChI is InChI=1S/C14H28N2O3/c1-3-4-7-13-14(17)16(12-15-13)8-5-6-9-19-11-10-18-2/h13,15H,3-12H2,1-2H3. The molecule has 1 saturated heterocycles. The van der Waals surface area contributed by atoms with Gasteiger partial charge in [0.1, 0.15) is 0 Å². The van der Waals surface area contributed by atoms with Gasteiger partial charge in [-0.15, -0.1) is 0 Å². The number of carbonyl (C=O) groups excluding carboxylic acids is 1. The summed E-state index contributed by atoms with van der Waals surface area (Å²) in [5.41, 5.74) is 0. The minimum absolute atomic E-state index is 0.0536. The van der Waals surface area contributed by atoms with Crippen LogP contribution in [-0.2, 0) is 14.3 Å². The fraction of sp³-hybridized carbons (Fsp3) is 0.929. The molecule has 1 N–H and O–H groups in total. The summed E-state index contributed by atoms with van der Waals surface area (Å²) in [7, 11) is 1.67. The number of hydrogen-bond donors (Lipinski definition) is 1. The van der Waals surface area contributed by atoms with Crippen LogP contribution in [0.15, 0.2) is 0 Å². The van der Waals surface area contributed by atoms with E-state index in [1.54, 1.807) is 7.11 Å². The highest BCUT2D eigenvalue weighted by Crippen LogP contribution is 2.11. The van der Waals surface area contributed by atoms with Crippen LogP contribution in [0.25, 0.3) is 0 Å². The van der Waals surface area contributed by atoms with Gasteiger partial charge in [-0.2, -0.15) is 0 Å². The Bertz CT molecular complexity index is 249. The Morgan fingerprint density at radius 1 is 1.26 bits per heavy atom. The summed E-state index contributed by atoms with van der Waals surface area (Å²) in [5.74, 6) is 0.272. The molecule has 0 aromatic heterocycles. The molecule has 1 atom stereocenters. The van der Waals surface area contributed by atoms with E-state index in [0.717, 1.165) is 45.3 Å². The van der Waals surface area contributed by atoms with Crippen molar-refractivity contribution in [1.82, 2.24) is 10.2 Å². The van der Waals surface area contributed by atoms with Gasteiger partial charge in [0.25, 0.3) is 0 Å². The van der Waals surface area contributed by atoms with Gasteiger partial charge < -0.3 is 14.4 Å². The fourth-order valence-corrected chi connectivity index (χ4v) is 2.18. The maximum Gasteiger partial charge on any atom is 0.240 e. The molecule has 0 aromatic rings. The zero-order valence-corrected chi connectivity index (χ0v) is 12.3. The van der Waals surface area contributed by atoms with Crippen LogP contribution in [0.4, 0.5) is 0 Å². The second-order valence-electron chi connectivity index (χ2n) is 4.97. The number of amides is 1. The van der Waals surface area contributed by atoms with E-state index in [4.69, 9.17) is 9.47 Å². The first-order valence-corrected chi connectivity index (χ1v) is 7.38. The topological polar surface area (TPSA) is 50.8 Å². The van der Waals surface area contributed by atoms with Crippen molar-refractivity contribution in [2.75, 3.05) is 40.1 Å². The van der Waals surface area contributed by atoms with Crippen LogP contribution >= 0.6 is 0 Å². The summed E-state index contributed by atoms with van der Waals surface area (Å²) in [6, 6.07) is 0.0536. The molecule has 1 unspecified atom stereocenters. The minimum atomic E-state index is 0.0536. The van der Waals surface area contributed by atoms with Crippen molar-refractivity contribution in [3.63, 3.8) is 0 Å². The fourth-order valence-electron chi connectivity index (χ4n) is 2.18. The lowest BCUT2D eigenvalue weighted by Crippen LogP contribution is -2.31. The monoisotopic (exact) mass is 272 g/mol. The normalized spacial score (nSPS) is 19.4. The van der Waals surface area contributed by atoms with Gasteiger partial charge in [0.15, 0.2) is 0 Å². The van der Waals surface area contributed by atoms with Crippen molar-refractivity contribution in [2.45, 2.75) is 45.1 Å². The molecule has 19 heavy (non-hydrogen) atoms. The second-order valence-corrected chi connectivity index (χ2v) is 4.97. The van der Waals surface area contributed by atoms with Crippen LogP contribution in [0.2, 0.25) is 0 Å². The maximum atomic E-state index is 12.0. The van der Waals surface area contributed by atoms with Gasteiger partial charge in [0.05, 0.1) is 25.9 Å². The summed E-state index contributed by atoms with van der Waals surface area (Å²) < 4.78 is 10.3. The number of methoxy groups -OCH3 is 1. The van der Waals surface area contributed by atoms with Gasteiger partial charge in [-0.25, -0.2) is 0 Å². The molecule has 0 spiro atoms. The van der Waals surface area contributed by atoms with E-state index in [9.17, 15) is 4.79 Å². The summed E-state index contributed by atoms with van der Waals surface area (Å²) in [4.78, 5) is 14.0. The van der Waals surface area contributed by atoms with Gasteiger partial charge in [-0.1, -0.05) is 19.8 Å². The van der Waals surface area contributed by atoms with Gasteiger partial charge in [-0.3, -0.25) is 10.1 Å². The van der Waals surface area contributed by atoms with Crippen LogP contribution in [0.5, 0.6) is 0 Å². The van der Waals surface area contributed by atoms with E-state index < -0.39 is 0 Å². The highest BCUT2D eigenvalue weighted by Gasteiger charge is 2.29. The number of unbranched alkanes of at least 4 members (excludes halogenated alkanes) is 2. The molecule has 0 bridgehead atoms.